The minimum atomic E-state index is -1.46. The molecule has 3 aliphatic heterocycles. The fraction of sp³-hybridized carbons (Fsp3) is 0.964. The molecule has 0 bridgehead atoms. The molecule has 238 valence electrons. The molecule has 1 aliphatic carbocycles. The van der Waals surface area contributed by atoms with E-state index in [2.05, 4.69) is 0 Å². The second-order valence-electron chi connectivity index (χ2n) is 12.1. The van der Waals surface area contributed by atoms with E-state index in [-0.39, 0.29) is 11.8 Å². The van der Waals surface area contributed by atoms with Crippen molar-refractivity contribution >= 4 is 5.91 Å². The fourth-order valence-electron chi connectivity index (χ4n) is 6.19. The number of rotatable bonds is 6. The first-order chi connectivity index (χ1) is 19.5. The highest BCUT2D eigenvalue weighted by molar-refractivity contribution is 5.80. The van der Waals surface area contributed by atoms with E-state index in [4.69, 9.17) is 28.4 Å². The fourth-order valence-corrected chi connectivity index (χ4v) is 6.19. The van der Waals surface area contributed by atoms with Crippen LogP contribution in [0.15, 0.2) is 0 Å². The smallest absolute Gasteiger partial charge is 0.251 e. The molecule has 0 radical (unpaired) electrons. The maximum absolute atomic E-state index is 12.9. The zero-order chi connectivity index (χ0) is 29.8. The molecule has 4 rings (SSSR count). The van der Waals surface area contributed by atoms with E-state index < -0.39 is 86.3 Å². The number of nitrogens with zero attached hydrogens (tertiary/aromatic N) is 1. The van der Waals surface area contributed by atoms with Crippen LogP contribution in [0.2, 0.25) is 0 Å². The van der Waals surface area contributed by atoms with Crippen molar-refractivity contribution in [2.45, 2.75) is 139 Å². The molecule has 3 saturated heterocycles. The summed E-state index contributed by atoms with van der Waals surface area (Å²) in [5.74, 6) is -0.228. The number of hydrogen-bond acceptors (Lipinski definition) is 12. The van der Waals surface area contributed by atoms with Crippen LogP contribution in [0.4, 0.5) is 0 Å². The van der Waals surface area contributed by atoms with Gasteiger partial charge >= 0.3 is 0 Å². The molecular weight excluding hydrogens is 542 g/mol. The van der Waals surface area contributed by atoms with Crippen molar-refractivity contribution in [3.8, 4) is 0 Å². The van der Waals surface area contributed by atoms with Gasteiger partial charge in [0.05, 0.1) is 24.9 Å². The van der Waals surface area contributed by atoms with Crippen molar-refractivity contribution in [2.75, 3.05) is 27.3 Å². The number of ether oxygens (including phenoxy) is 6. The Hall–Kier alpha value is -0.970. The Morgan fingerprint density at radius 3 is 2.27 bits per heavy atom. The average Bonchev–Trinajstić information content (AvgIpc) is 2.95. The highest BCUT2D eigenvalue weighted by Gasteiger charge is 2.51. The van der Waals surface area contributed by atoms with Gasteiger partial charge in [-0.15, -0.1) is 0 Å². The zero-order valence-corrected chi connectivity index (χ0v) is 24.5. The van der Waals surface area contributed by atoms with Gasteiger partial charge in [-0.3, -0.25) is 4.79 Å². The van der Waals surface area contributed by atoms with Crippen molar-refractivity contribution in [3.05, 3.63) is 0 Å². The van der Waals surface area contributed by atoms with Crippen LogP contribution in [0.3, 0.4) is 0 Å². The first-order valence-electron chi connectivity index (χ1n) is 15.0. The van der Waals surface area contributed by atoms with Gasteiger partial charge in [-0.05, 0) is 38.5 Å². The van der Waals surface area contributed by atoms with Crippen LogP contribution in [0.1, 0.15) is 58.8 Å². The molecule has 1 amide bonds. The van der Waals surface area contributed by atoms with Gasteiger partial charge in [0.1, 0.15) is 48.8 Å². The van der Waals surface area contributed by atoms with E-state index in [1.807, 2.05) is 6.92 Å². The Morgan fingerprint density at radius 1 is 0.805 bits per heavy atom. The van der Waals surface area contributed by atoms with Crippen molar-refractivity contribution in [3.63, 3.8) is 0 Å². The molecule has 13 nitrogen and oxygen atoms in total. The number of aliphatic hydroxyl groups excluding tert-OH is 5. The van der Waals surface area contributed by atoms with Gasteiger partial charge in [-0.25, -0.2) is 0 Å². The number of amides is 1. The molecule has 0 aromatic rings. The molecule has 3 heterocycles. The predicted molar refractivity (Wildman–Crippen MR) is 142 cm³/mol. The Morgan fingerprint density at radius 2 is 1.56 bits per heavy atom. The third kappa shape index (κ3) is 7.58. The van der Waals surface area contributed by atoms with Crippen LogP contribution in [-0.2, 0) is 33.2 Å². The number of carbonyl (C=O) groups excluding carboxylic acids is 1. The van der Waals surface area contributed by atoms with Crippen molar-refractivity contribution < 1.29 is 58.7 Å². The van der Waals surface area contributed by atoms with Gasteiger partial charge in [-0.2, -0.15) is 0 Å². The molecule has 5 N–H and O–H groups in total. The van der Waals surface area contributed by atoms with Crippen LogP contribution in [0.5, 0.6) is 0 Å². The molecule has 41 heavy (non-hydrogen) atoms. The topological polar surface area (TPSA) is 177 Å². The highest BCUT2D eigenvalue weighted by Crippen LogP contribution is 2.36. The third-order valence-electron chi connectivity index (χ3n) is 8.74. The zero-order valence-electron chi connectivity index (χ0n) is 24.5. The van der Waals surface area contributed by atoms with E-state index in [0.29, 0.717) is 19.4 Å². The van der Waals surface area contributed by atoms with E-state index >= 15 is 0 Å². The molecule has 1 saturated carbocycles. The molecule has 4 fully saturated rings. The number of hydrogen-bond donors (Lipinski definition) is 5. The monoisotopic (exact) mass is 591 g/mol. The molecule has 14 atom stereocenters. The number of aliphatic hydroxyl groups is 5. The molecule has 4 aliphatic rings. The van der Waals surface area contributed by atoms with Gasteiger partial charge < -0.3 is 58.9 Å². The standard InChI is InChI=1S/C28H49NO12/c1-14-9-8-11-16(23(14)41-27-22(34)21(33)19(31)15(2)37-27)39-28-25-24(20(32)18(13-30)40-28)38-17(26(35)29(3)4)10-6-5-7-12-36-25/h14-25,27-28,30-34H,5-13H2,1-4H3. The summed E-state index contributed by atoms with van der Waals surface area (Å²) < 4.78 is 36.9. The Balaban J connectivity index is 1.56. The quantitative estimate of drug-likeness (QED) is 0.263. The summed E-state index contributed by atoms with van der Waals surface area (Å²) >= 11 is 0. The lowest BCUT2D eigenvalue weighted by molar-refractivity contribution is -0.352. The minimum Gasteiger partial charge on any atom is -0.394 e. The maximum atomic E-state index is 12.9. The summed E-state index contributed by atoms with van der Waals surface area (Å²) in [6.07, 6.45) is -8.15. The Bertz CT molecular complexity index is 834. The van der Waals surface area contributed by atoms with E-state index in [1.54, 1.807) is 21.0 Å². The Kier molecular flexibility index (Phi) is 11.8. The lowest BCUT2D eigenvalue weighted by Gasteiger charge is -2.48. The summed E-state index contributed by atoms with van der Waals surface area (Å²) in [4.78, 5) is 14.4. The second-order valence-corrected chi connectivity index (χ2v) is 12.1. The molecule has 14 unspecified atom stereocenters. The largest absolute Gasteiger partial charge is 0.394 e. The van der Waals surface area contributed by atoms with Gasteiger partial charge in [-0.1, -0.05) is 26.2 Å². The highest BCUT2D eigenvalue weighted by atomic mass is 16.7. The summed E-state index contributed by atoms with van der Waals surface area (Å²) in [6, 6.07) is 0. The predicted octanol–water partition coefficient (Wildman–Crippen LogP) is -0.716. The van der Waals surface area contributed by atoms with Gasteiger partial charge in [0.2, 0.25) is 0 Å². The summed E-state index contributed by atoms with van der Waals surface area (Å²) in [6.45, 7) is 3.46. The molecular formula is C28H49NO12. The van der Waals surface area contributed by atoms with E-state index in [0.717, 1.165) is 32.1 Å². The van der Waals surface area contributed by atoms with Gasteiger partial charge in [0.15, 0.2) is 12.6 Å². The third-order valence-corrected chi connectivity index (χ3v) is 8.74. The van der Waals surface area contributed by atoms with Crippen molar-refractivity contribution in [1.29, 1.82) is 0 Å². The van der Waals surface area contributed by atoms with Gasteiger partial charge in [0.25, 0.3) is 5.91 Å². The number of fused-ring (bicyclic) bond motifs is 1. The van der Waals surface area contributed by atoms with Crippen LogP contribution >= 0.6 is 0 Å². The SMILES string of the molecule is CC1CCCC(OC2OC(CO)C(O)C3OC(C(=O)N(C)C)CCCCCOC23)C1OC1OC(C)C(O)C(O)C1O. The molecule has 13 heteroatoms. The lowest BCUT2D eigenvalue weighted by Crippen LogP contribution is -2.63. The summed E-state index contributed by atoms with van der Waals surface area (Å²) in [5.41, 5.74) is 0. The van der Waals surface area contributed by atoms with Gasteiger partial charge in [0, 0.05) is 20.7 Å². The normalized spacial score (nSPS) is 46.4. The molecule has 0 aromatic carbocycles. The van der Waals surface area contributed by atoms with E-state index in [1.165, 1.54) is 4.90 Å². The average molecular weight is 592 g/mol. The van der Waals surface area contributed by atoms with Crippen molar-refractivity contribution in [2.24, 2.45) is 5.92 Å². The Labute approximate surface area is 241 Å². The van der Waals surface area contributed by atoms with Crippen LogP contribution in [0.25, 0.3) is 0 Å². The number of carbonyl (C=O) groups is 1. The summed E-state index contributed by atoms with van der Waals surface area (Å²) in [7, 11) is 3.30. The van der Waals surface area contributed by atoms with Crippen molar-refractivity contribution in [1.82, 2.24) is 4.90 Å². The first-order valence-corrected chi connectivity index (χ1v) is 15.0. The van der Waals surface area contributed by atoms with Crippen LogP contribution < -0.4 is 0 Å². The minimum absolute atomic E-state index is 0.00854. The maximum Gasteiger partial charge on any atom is 0.251 e. The molecule has 0 aromatic heterocycles. The summed E-state index contributed by atoms with van der Waals surface area (Å²) in [5, 5.41) is 52.1. The van der Waals surface area contributed by atoms with Crippen LogP contribution in [0, 0.1) is 5.92 Å². The number of likely N-dealkylation sites (N-methyl/N-ethyl adjacent to an activating group) is 1. The molecule has 0 spiro atoms. The lowest BCUT2D eigenvalue weighted by atomic mass is 9.85. The van der Waals surface area contributed by atoms with Crippen LogP contribution in [-0.4, -0.2) is 143 Å². The first kappa shape index (κ1) is 32.9. The second kappa shape index (κ2) is 14.7. The van der Waals surface area contributed by atoms with E-state index in [9.17, 15) is 30.3 Å².